The van der Waals surface area contributed by atoms with E-state index in [4.69, 9.17) is 14.2 Å². The zero-order valence-electron chi connectivity index (χ0n) is 53.3. The summed E-state index contributed by atoms with van der Waals surface area (Å²) in [5.41, 5.74) is 0. The number of carbonyl (C=O) groups excluding carboxylic acids is 3. The van der Waals surface area contributed by atoms with Crippen LogP contribution in [0.3, 0.4) is 0 Å². The molecule has 6 nitrogen and oxygen atoms in total. The summed E-state index contributed by atoms with van der Waals surface area (Å²) in [4.78, 5) is 38.4. The van der Waals surface area contributed by atoms with E-state index in [9.17, 15) is 14.4 Å². The van der Waals surface area contributed by atoms with Gasteiger partial charge in [0.25, 0.3) is 0 Å². The molecular weight excluding hydrogens is 997 g/mol. The number of rotatable bonds is 62. The Labute approximate surface area is 501 Å². The molecule has 0 spiro atoms. The summed E-state index contributed by atoms with van der Waals surface area (Å²) >= 11 is 0. The molecule has 0 radical (unpaired) electrons. The van der Waals surface area contributed by atoms with Gasteiger partial charge in [0.15, 0.2) is 6.10 Å². The van der Waals surface area contributed by atoms with E-state index in [1.807, 2.05) is 0 Å². The predicted octanol–water partition coefficient (Wildman–Crippen LogP) is 23.8. The summed E-state index contributed by atoms with van der Waals surface area (Å²) in [7, 11) is 0. The highest BCUT2D eigenvalue weighted by molar-refractivity contribution is 5.71. The minimum Gasteiger partial charge on any atom is -0.462 e. The van der Waals surface area contributed by atoms with Gasteiger partial charge in [-0.15, -0.1) is 0 Å². The number of hydrogen-bond acceptors (Lipinski definition) is 6. The molecule has 464 valence electrons. The molecule has 0 aliphatic rings. The van der Waals surface area contributed by atoms with E-state index < -0.39 is 6.10 Å². The van der Waals surface area contributed by atoms with Crippen molar-refractivity contribution >= 4 is 17.9 Å². The molecule has 0 aromatic carbocycles. The van der Waals surface area contributed by atoms with Gasteiger partial charge >= 0.3 is 17.9 Å². The van der Waals surface area contributed by atoms with Crippen molar-refractivity contribution < 1.29 is 28.6 Å². The fourth-order valence-electron chi connectivity index (χ4n) is 9.63. The average molecular weight is 1130 g/mol. The molecule has 0 saturated carbocycles. The van der Waals surface area contributed by atoms with Crippen molar-refractivity contribution in [2.45, 2.75) is 335 Å². The minimum absolute atomic E-state index is 0.0904. The lowest BCUT2D eigenvalue weighted by Gasteiger charge is -2.18. The molecule has 0 rings (SSSR count). The molecule has 0 aliphatic carbocycles. The van der Waals surface area contributed by atoms with Crippen molar-refractivity contribution in [3.05, 3.63) is 109 Å². The van der Waals surface area contributed by atoms with Crippen LogP contribution in [-0.4, -0.2) is 37.2 Å². The van der Waals surface area contributed by atoms with Crippen molar-refractivity contribution in [3.63, 3.8) is 0 Å². The van der Waals surface area contributed by atoms with E-state index in [1.54, 1.807) is 0 Å². The summed E-state index contributed by atoms with van der Waals surface area (Å²) in [6.45, 7) is 6.53. The second kappa shape index (κ2) is 68.6. The highest BCUT2D eigenvalue weighted by atomic mass is 16.6. The van der Waals surface area contributed by atoms with Crippen LogP contribution in [0.15, 0.2) is 109 Å². The van der Waals surface area contributed by atoms with Gasteiger partial charge in [0, 0.05) is 19.3 Å². The van der Waals surface area contributed by atoms with Crippen LogP contribution in [0.4, 0.5) is 0 Å². The molecule has 0 fully saturated rings. The third-order valence-electron chi connectivity index (χ3n) is 14.8. The van der Waals surface area contributed by atoms with Crippen LogP contribution in [0.25, 0.3) is 0 Å². The normalized spacial score (nSPS) is 12.8. The van der Waals surface area contributed by atoms with Gasteiger partial charge in [0.1, 0.15) is 13.2 Å². The fraction of sp³-hybridized carbons (Fsp3) is 0.720. The quantitative estimate of drug-likeness (QED) is 0.0261. The van der Waals surface area contributed by atoms with E-state index in [-0.39, 0.29) is 31.1 Å². The molecule has 81 heavy (non-hydrogen) atoms. The zero-order chi connectivity index (χ0) is 58.5. The van der Waals surface area contributed by atoms with Crippen molar-refractivity contribution in [2.24, 2.45) is 0 Å². The second-order valence-corrected chi connectivity index (χ2v) is 22.7. The first kappa shape index (κ1) is 77.1. The molecule has 0 N–H and O–H groups in total. The van der Waals surface area contributed by atoms with Crippen LogP contribution in [0.1, 0.15) is 329 Å². The Morgan fingerprint density at radius 1 is 0.259 bits per heavy atom. The van der Waals surface area contributed by atoms with Crippen LogP contribution in [0.5, 0.6) is 0 Å². The van der Waals surface area contributed by atoms with Crippen LogP contribution in [0, 0.1) is 0 Å². The highest BCUT2D eigenvalue weighted by Crippen LogP contribution is 2.17. The minimum atomic E-state index is -0.799. The number of carbonyl (C=O) groups is 3. The third kappa shape index (κ3) is 66.8. The zero-order valence-corrected chi connectivity index (χ0v) is 53.3. The van der Waals surface area contributed by atoms with Crippen molar-refractivity contribution in [3.8, 4) is 0 Å². The largest absolute Gasteiger partial charge is 0.462 e. The predicted molar refractivity (Wildman–Crippen MR) is 353 cm³/mol. The molecule has 1 atom stereocenters. The van der Waals surface area contributed by atoms with Gasteiger partial charge in [-0.1, -0.05) is 310 Å². The first-order valence-electron chi connectivity index (χ1n) is 34.4. The van der Waals surface area contributed by atoms with Gasteiger partial charge in [-0.2, -0.15) is 0 Å². The van der Waals surface area contributed by atoms with Gasteiger partial charge in [0.2, 0.25) is 0 Å². The SMILES string of the molecule is CC/C=C\C/C=C\C/C=C\C/C=C\C/C=C\C/C=C\C/C=C\C/C=C\CCCCC(=O)OCC(COC(=O)CCCCCCCCCCCCCCCCCCC)OC(=O)CCCCCCCCCCC/C=C\CCCCCCCC. The third-order valence-corrected chi connectivity index (χ3v) is 14.8. The Hall–Kier alpha value is -3.93. The van der Waals surface area contributed by atoms with Crippen molar-refractivity contribution in [2.75, 3.05) is 13.2 Å². The first-order valence-corrected chi connectivity index (χ1v) is 34.4. The summed E-state index contributed by atoms with van der Waals surface area (Å²) < 4.78 is 16.9. The van der Waals surface area contributed by atoms with Crippen LogP contribution < -0.4 is 0 Å². The molecule has 1 unspecified atom stereocenters. The lowest BCUT2D eigenvalue weighted by Crippen LogP contribution is -2.30. The topological polar surface area (TPSA) is 78.9 Å². The summed E-state index contributed by atoms with van der Waals surface area (Å²) in [5, 5.41) is 0. The van der Waals surface area contributed by atoms with E-state index in [1.165, 1.54) is 180 Å². The van der Waals surface area contributed by atoms with E-state index in [0.29, 0.717) is 19.3 Å². The van der Waals surface area contributed by atoms with Gasteiger partial charge in [0.05, 0.1) is 0 Å². The molecule has 0 bridgehead atoms. The van der Waals surface area contributed by atoms with Crippen LogP contribution >= 0.6 is 0 Å². The lowest BCUT2D eigenvalue weighted by molar-refractivity contribution is -0.167. The molecule has 0 heterocycles. The summed E-state index contributed by atoms with van der Waals surface area (Å²) in [6, 6.07) is 0. The number of ether oxygens (including phenoxy) is 3. The molecule has 0 aliphatic heterocycles. The highest BCUT2D eigenvalue weighted by Gasteiger charge is 2.19. The number of hydrogen-bond donors (Lipinski definition) is 0. The van der Waals surface area contributed by atoms with Gasteiger partial charge in [-0.25, -0.2) is 0 Å². The molecule has 6 heteroatoms. The molecular formula is C75H128O6. The lowest BCUT2D eigenvalue weighted by atomic mass is 10.0. The summed E-state index contributed by atoms with van der Waals surface area (Å²) in [5.74, 6) is -0.924. The number of unbranched alkanes of at least 4 members (excludes halogenated alkanes) is 33. The smallest absolute Gasteiger partial charge is 0.306 e. The fourth-order valence-corrected chi connectivity index (χ4v) is 9.63. The maximum absolute atomic E-state index is 12.9. The number of allylic oxidation sites excluding steroid dienone is 18. The Morgan fingerprint density at radius 2 is 0.481 bits per heavy atom. The monoisotopic (exact) mass is 1120 g/mol. The Bertz CT molecular complexity index is 1620. The molecule has 0 aromatic heterocycles. The van der Waals surface area contributed by atoms with Gasteiger partial charge in [-0.05, 0) is 109 Å². The molecule has 0 saturated heterocycles. The average Bonchev–Trinajstić information content (AvgIpc) is 3.47. The van der Waals surface area contributed by atoms with Crippen molar-refractivity contribution in [1.29, 1.82) is 0 Å². The molecule has 0 amide bonds. The Balaban J connectivity index is 4.44. The summed E-state index contributed by atoms with van der Waals surface area (Å²) in [6.07, 6.45) is 93.9. The Morgan fingerprint density at radius 3 is 0.790 bits per heavy atom. The van der Waals surface area contributed by atoms with Crippen molar-refractivity contribution in [1.82, 2.24) is 0 Å². The van der Waals surface area contributed by atoms with Gasteiger partial charge < -0.3 is 14.2 Å². The maximum Gasteiger partial charge on any atom is 0.306 e. The van der Waals surface area contributed by atoms with E-state index in [2.05, 4.69) is 130 Å². The van der Waals surface area contributed by atoms with E-state index in [0.717, 1.165) is 109 Å². The van der Waals surface area contributed by atoms with E-state index >= 15 is 0 Å². The standard InChI is InChI=1S/C75H128O6/c1-4-7-10-13-16-19-22-25-28-31-33-34-35-36-37-38-39-40-42-44-47-50-53-56-59-62-65-68-74(77)80-71-72(70-79-73(76)67-64-61-58-55-52-49-46-43-30-27-24-21-18-15-12-9-6-3)81-75(78)69-66-63-60-57-54-51-48-45-41-32-29-26-23-20-17-14-11-8-5-2/h7,10,16,19,25-26,28-29,33-34,36-37,39-40,44,47,53,56,72H,4-6,8-9,11-15,17-18,20-24,27,30-32,35,38,41-43,45-46,48-52,54-55,57-71H2,1-3H3/b10-7-,19-16-,28-25-,29-26-,34-33-,37-36-,40-39-,47-44-,56-53-. The number of esters is 3. The second-order valence-electron chi connectivity index (χ2n) is 22.7. The van der Waals surface area contributed by atoms with Crippen LogP contribution in [-0.2, 0) is 28.6 Å². The maximum atomic E-state index is 12.9. The van der Waals surface area contributed by atoms with Crippen LogP contribution in [0.2, 0.25) is 0 Å². The molecule has 0 aromatic rings. The Kier molecular flexibility index (Phi) is 65.2. The van der Waals surface area contributed by atoms with Gasteiger partial charge in [-0.3, -0.25) is 14.4 Å². The first-order chi connectivity index (χ1) is 40.0.